The highest BCUT2D eigenvalue weighted by atomic mass is 32.2. The Balaban J connectivity index is 1.82. The highest BCUT2D eigenvalue weighted by Gasteiger charge is 2.24. The zero-order valence-electron chi connectivity index (χ0n) is 8.40. The lowest BCUT2D eigenvalue weighted by Gasteiger charge is -2.11. The molecule has 0 aliphatic carbocycles. The normalized spacial score (nSPS) is 27.0. The van der Waals surface area contributed by atoms with Crippen molar-refractivity contribution in [3.8, 4) is 0 Å². The predicted octanol–water partition coefficient (Wildman–Crippen LogP) is 1.79. The third-order valence-corrected chi connectivity index (χ3v) is 3.76. The Morgan fingerprint density at radius 3 is 2.93 bits per heavy atom. The second-order valence-corrected chi connectivity index (χ2v) is 4.66. The molecule has 1 aliphatic rings. The van der Waals surface area contributed by atoms with Gasteiger partial charge in [-0.1, -0.05) is 0 Å². The molecule has 0 bridgehead atoms. The molecule has 2 rings (SSSR count). The average molecular weight is 214 g/mol. The number of hydrogen-bond acceptors (Lipinski definition) is 5. The van der Waals surface area contributed by atoms with Crippen LogP contribution in [-0.4, -0.2) is 28.2 Å². The summed E-state index contributed by atoms with van der Waals surface area (Å²) < 4.78 is 10.8. The van der Waals surface area contributed by atoms with Crippen LogP contribution in [-0.2, 0) is 10.5 Å². The van der Waals surface area contributed by atoms with Crippen LogP contribution in [0.25, 0.3) is 0 Å². The lowest BCUT2D eigenvalue weighted by molar-refractivity contribution is 0.127. The lowest BCUT2D eigenvalue weighted by atomic mass is 10.3. The van der Waals surface area contributed by atoms with E-state index in [9.17, 15) is 0 Å². The molecule has 0 spiro atoms. The van der Waals surface area contributed by atoms with Crippen molar-refractivity contribution in [2.45, 2.75) is 37.4 Å². The molecule has 1 aromatic heterocycles. The van der Waals surface area contributed by atoms with Gasteiger partial charge in [-0.25, -0.2) is 0 Å². The van der Waals surface area contributed by atoms with Crippen LogP contribution in [0.3, 0.4) is 0 Å². The first-order valence-corrected chi connectivity index (χ1v) is 5.83. The van der Waals surface area contributed by atoms with Crippen LogP contribution < -0.4 is 0 Å². The minimum absolute atomic E-state index is 0.351. The molecular formula is C9H14N2O2S. The molecule has 4 nitrogen and oxygen atoms in total. The number of rotatable bonds is 3. The molecule has 1 aromatic rings. The van der Waals surface area contributed by atoms with E-state index in [4.69, 9.17) is 9.15 Å². The average Bonchev–Trinajstić information content (AvgIpc) is 2.72. The van der Waals surface area contributed by atoms with Crippen molar-refractivity contribution in [1.29, 1.82) is 0 Å². The van der Waals surface area contributed by atoms with E-state index in [0.717, 1.165) is 18.8 Å². The number of ether oxygens (including phenoxy) is 1. The summed E-state index contributed by atoms with van der Waals surface area (Å²) in [6, 6.07) is 0. The van der Waals surface area contributed by atoms with Gasteiger partial charge in [0.25, 0.3) is 0 Å². The maximum Gasteiger partial charge on any atom is 0.226 e. The maximum atomic E-state index is 5.47. The molecule has 0 N–H and O–H groups in total. The first-order chi connectivity index (χ1) is 6.75. The molecule has 5 heteroatoms. The molecule has 0 aromatic carbocycles. The fourth-order valence-corrected chi connectivity index (χ4v) is 2.59. The third-order valence-electron chi connectivity index (χ3n) is 2.30. The van der Waals surface area contributed by atoms with Gasteiger partial charge in [-0.05, 0) is 13.3 Å². The molecule has 0 unspecified atom stereocenters. The van der Waals surface area contributed by atoms with Crippen LogP contribution in [0, 0.1) is 6.92 Å². The van der Waals surface area contributed by atoms with Crippen LogP contribution in [0.15, 0.2) is 4.42 Å². The Labute approximate surface area is 87.4 Å². The fourth-order valence-electron chi connectivity index (χ4n) is 1.51. The summed E-state index contributed by atoms with van der Waals surface area (Å²) in [6.45, 7) is 4.80. The van der Waals surface area contributed by atoms with E-state index in [-0.39, 0.29) is 0 Å². The second-order valence-electron chi connectivity index (χ2n) is 3.43. The van der Waals surface area contributed by atoms with Crippen molar-refractivity contribution in [2.75, 3.05) is 6.61 Å². The van der Waals surface area contributed by atoms with Crippen molar-refractivity contribution >= 4 is 11.8 Å². The first kappa shape index (κ1) is 9.98. The minimum atomic E-state index is 0.351. The van der Waals surface area contributed by atoms with Gasteiger partial charge < -0.3 is 9.15 Å². The predicted molar refractivity (Wildman–Crippen MR) is 54.1 cm³/mol. The second kappa shape index (κ2) is 4.31. The van der Waals surface area contributed by atoms with Crippen molar-refractivity contribution in [2.24, 2.45) is 0 Å². The highest BCUT2D eigenvalue weighted by Crippen LogP contribution is 2.28. The van der Waals surface area contributed by atoms with E-state index in [2.05, 4.69) is 17.1 Å². The summed E-state index contributed by atoms with van der Waals surface area (Å²) in [5, 5.41) is 8.31. The standard InChI is InChI=1S/C9H14N2O2S/c1-6-8(3-4-12-6)14-5-9-11-10-7(2)13-9/h6,8H,3-5H2,1-2H3/t6-,8+/m0/s1. The zero-order valence-corrected chi connectivity index (χ0v) is 9.21. The van der Waals surface area contributed by atoms with Crippen LogP contribution in [0.5, 0.6) is 0 Å². The van der Waals surface area contributed by atoms with Gasteiger partial charge in [0.2, 0.25) is 11.8 Å². The van der Waals surface area contributed by atoms with Gasteiger partial charge >= 0.3 is 0 Å². The van der Waals surface area contributed by atoms with Gasteiger partial charge in [-0.15, -0.1) is 22.0 Å². The summed E-state index contributed by atoms with van der Waals surface area (Å²) in [4.78, 5) is 0. The monoisotopic (exact) mass is 214 g/mol. The van der Waals surface area contributed by atoms with E-state index >= 15 is 0 Å². The van der Waals surface area contributed by atoms with Gasteiger partial charge in [0.15, 0.2) is 0 Å². The van der Waals surface area contributed by atoms with Gasteiger partial charge in [0.05, 0.1) is 11.9 Å². The van der Waals surface area contributed by atoms with Gasteiger partial charge in [-0.2, -0.15) is 0 Å². The minimum Gasteiger partial charge on any atom is -0.425 e. The first-order valence-electron chi connectivity index (χ1n) is 4.78. The Morgan fingerprint density at radius 1 is 1.50 bits per heavy atom. The Hall–Kier alpha value is -0.550. The molecule has 2 atom stereocenters. The molecule has 0 saturated carbocycles. The van der Waals surface area contributed by atoms with E-state index in [1.54, 1.807) is 0 Å². The molecule has 1 fully saturated rings. The van der Waals surface area contributed by atoms with E-state index < -0.39 is 0 Å². The van der Waals surface area contributed by atoms with E-state index in [1.165, 1.54) is 0 Å². The molecule has 78 valence electrons. The lowest BCUT2D eigenvalue weighted by Crippen LogP contribution is -2.13. The summed E-state index contributed by atoms with van der Waals surface area (Å²) >= 11 is 1.84. The zero-order chi connectivity index (χ0) is 9.97. The Morgan fingerprint density at radius 2 is 2.36 bits per heavy atom. The van der Waals surface area contributed by atoms with Crippen molar-refractivity contribution in [3.05, 3.63) is 11.8 Å². The molecule has 0 amide bonds. The highest BCUT2D eigenvalue weighted by molar-refractivity contribution is 7.99. The van der Waals surface area contributed by atoms with Crippen molar-refractivity contribution in [3.63, 3.8) is 0 Å². The van der Waals surface area contributed by atoms with Crippen LogP contribution >= 0.6 is 11.8 Å². The number of nitrogens with zero attached hydrogens (tertiary/aromatic N) is 2. The van der Waals surface area contributed by atoms with Gasteiger partial charge in [0, 0.05) is 18.8 Å². The fraction of sp³-hybridized carbons (Fsp3) is 0.778. The SMILES string of the molecule is Cc1nnc(CS[C@@H]2CCO[C@H]2C)o1. The number of aromatic nitrogens is 2. The maximum absolute atomic E-state index is 5.47. The summed E-state index contributed by atoms with van der Waals surface area (Å²) in [5.74, 6) is 2.14. The largest absolute Gasteiger partial charge is 0.425 e. The topological polar surface area (TPSA) is 48.2 Å². The third kappa shape index (κ3) is 2.27. The number of aryl methyl sites for hydroxylation is 1. The Bertz CT molecular complexity index is 303. The van der Waals surface area contributed by atoms with Gasteiger partial charge in [0.1, 0.15) is 0 Å². The van der Waals surface area contributed by atoms with Crippen molar-refractivity contribution in [1.82, 2.24) is 10.2 Å². The number of thioether (sulfide) groups is 1. The van der Waals surface area contributed by atoms with Crippen molar-refractivity contribution < 1.29 is 9.15 Å². The molecular weight excluding hydrogens is 200 g/mol. The summed E-state index contributed by atoms with van der Waals surface area (Å²) in [6.07, 6.45) is 1.47. The van der Waals surface area contributed by atoms with E-state index in [1.807, 2.05) is 18.7 Å². The van der Waals surface area contributed by atoms with Gasteiger partial charge in [-0.3, -0.25) is 0 Å². The van der Waals surface area contributed by atoms with Crippen LogP contribution in [0.1, 0.15) is 25.1 Å². The molecule has 14 heavy (non-hydrogen) atoms. The number of hydrogen-bond donors (Lipinski definition) is 0. The smallest absolute Gasteiger partial charge is 0.226 e. The Kier molecular flexibility index (Phi) is 3.08. The van der Waals surface area contributed by atoms with E-state index in [0.29, 0.717) is 23.1 Å². The summed E-state index contributed by atoms with van der Waals surface area (Å²) in [7, 11) is 0. The summed E-state index contributed by atoms with van der Waals surface area (Å²) in [5.41, 5.74) is 0. The quantitative estimate of drug-likeness (QED) is 0.767. The molecule has 1 aliphatic heterocycles. The van der Waals surface area contributed by atoms with Crippen LogP contribution in [0.2, 0.25) is 0 Å². The molecule has 0 radical (unpaired) electrons. The van der Waals surface area contributed by atoms with Crippen LogP contribution in [0.4, 0.5) is 0 Å². The molecule has 1 saturated heterocycles. The molecule has 2 heterocycles.